The summed E-state index contributed by atoms with van der Waals surface area (Å²) < 4.78 is 0. The maximum Gasteiger partial charge on any atom is 0.322 e. The van der Waals surface area contributed by atoms with Gasteiger partial charge in [0.2, 0.25) is 11.8 Å². The van der Waals surface area contributed by atoms with Crippen molar-refractivity contribution in [3.8, 4) is 0 Å². The largest absolute Gasteiger partial charge is 0.480 e. The highest BCUT2D eigenvalue weighted by atomic mass is 16.4. The predicted molar refractivity (Wildman–Crippen MR) is 113 cm³/mol. The Kier molecular flexibility index (Phi) is 6.82. The predicted octanol–water partition coefficient (Wildman–Crippen LogP) is 0.966. The Morgan fingerprint density at radius 3 is 2.40 bits per heavy atom. The Balaban J connectivity index is 1.69. The number of aromatic amines is 1. The third kappa shape index (κ3) is 5.45. The zero-order valence-electron chi connectivity index (χ0n) is 16.3. The summed E-state index contributed by atoms with van der Waals surface area (Å²) in [5, 5.41) is 14.8. The van der Waals surface area contributed by atoms with Crippen LogP contribution in [-0.4, -0.2) is 46.5 Å². The molecule has 8 heteroatoms. The fourth-order valence-electron chi connectivity index (χ4n) is 3.25. The third-order valence-corrected chi connectivity index (χ3v) is 4.78. The van der Waals surface area contributed by atoms with Crippen molar-refractivity contribution in [1.82, 2.24) is 15.6 Å². The summed E-state index contributed by atoms with van der Waals surface area (Å²) in [4.78, 5) is 39.1. The van der Waals surface area contributed by atoms with E-state index in [1.807, 2.05) is 60.8 Å². The molecule has 0 unspecified atom stereocenters. The maximum atomic E-state index is 12.7. The van der Waals surface area contributed by atoms with E-state index in [9.17, 15) is 14.4 Å². The van der Waals surface area contributed by atoms with Gasteiger partial charge >= 0.3 is 5.97 Å². The van der Waals surface area contributed by atoms with Crippen LogP contribution in [0.15, 0.2) is 60.8 Å². The number of aromatic nitrogens is 1. The molecule has 0 radical (unpaired) electrons. The molecule has 0 saturated heterocycles. The van der Waals surface area contributed by atoms with Gasteiger partial charge in [0, 0.05) is 23.5 Å². The Bertz CT molecular complexity index is 1030. The molecule has 0 aliphatic rings. The molecule has 1 aromatic heterocycles. The van der Waals surface area contributed by atoms with Crippen LogP contribution in [0.3, 0.4) is 0 Å². The van der Waals surface area contributed by atoms with Gasteiger partial charge < -0.3 is 26.5 Å². The standard InChI is InChI=1S/C22H24N4O4/c23-17(11-15-12-24-18-9-5-4-8-16(15)18)21(29)26-19(22(30)25-13-20(27)28)10-14-6-2-1-3-7-14/h1-9,12,17,19,24H,10-11,13,23H2,(H,25,30)(H,26,29)(H,27,28)/t17-,19-/m0/s1. The van der Waals surface area contributed by atoms with Crippen molar-refractivity contribution in [1.29, 1.82) is 0 Å². The SMILES string of the molecule is N[C@@H](Cc1c[nH]c2ccccc12)C(=O)N[C@@H](Cc1ccccc1)C(=O)NCC(=O)O. The number of carboxylic acids is 1. The van der Waals surface area contributed by atoms with E-state index in [1.165, 1.54) is 0 Å². The lowest BCUT2D eigenvalue weighted by molar-refractivity contribution is -0.138. The van der Waals surface area contributed by atoms with E-state index in [0.29, 0.717) is 6.42 Å². The molecule has 8 nitrogen and oxygen atoms in total. The Morgan fingerprint density at radius 1 is 0.967 bits per heavy atom. The summed E-state index contributed by atoms with van der Waals surface area (Å²) in [6.45, 7) is -0.526. The van der Waals surface area contributed by atoms with Crippen molar-refractivity contribution in [2.45, 2.75) is 24.9 Å². The van der Waals surface area contributed by atoms with Crippen LogP contribution in [-0.2, 0) is 27.2 Å². The quantitative estimate of drug-likeness (QED) is 0.359. The van der Waals surface area contributed by atoms with Gasteiger partial charge in [-0.1, -0.05) is 48.5 Å². The van der Waals surface area contributed by atoms with E-state index in [4.69, 9.17) is 10.8 Å². The molecule has 0 bridgehead atoms. The number of rotatable bonds is 9. The number of nitrogens with one attached hydrogen (secondary N) is 3. The van der Waals surface area contributed by atoms with Crippen LogP contribution in [0, 0.1) is 0 Å². The second-order valence-electron chi connectivity index (χ2n) is 7.03. The highest BCUT2D eigenvalue weighted by Gasteiger charge is 2.25. The molecule has 0 aliphatic carbocycles. The normalized spacial score (nSPS) is 12.8. The fourth-order valence-corrected chi connectivity index (χ4v) is 3.25. The number of hydrogen-bond acceptors (Lipinski definition) is 4. The van der Waals surface area contributed by atoms with Gasteiger partial charge in [-0.2, -0.15) is 0 Å². The minimum atomic E-state index is -1.16. The molecular weight excluding hydrogens is 384 g/mol. The summed E-state index contributed by atoms with van der Waals surface area (Å²) in [5.41, 5.74) is 8.80. The van der Waals surface area contributed by atoms with E-state index in [1.54, 1.807) is 0 Å². The lowest BCUT2D eigenvalue weighted by atomic mass is 10.0. The molecule has 6 N–H and O–H groups in total. The zero-order chi connectivity index (χ0) is 21.5. The first-order chi connectivity index (χ1) is 14.4. The van der Waals surface area contributed by atoms with Crippen molar-refractivity contribution in [2.75, 3.05) is 6.54 Å². The van der Waals surface area contributed by atoms with Crippen LogP contribution in [0.25, 0.3) is 10.9 Å². The van der Waals surface area contributed by atoms with Crippen LogP contribution in [0.5, 0.6) is 0 Å². The van der Waals surface area contributed by atoms with Crippen molar-refractivity contribution in [2.24, 2.45) is 5.73 Å². The van der Waals surface area contributed by atoms with E-state index in [-0.39, 0.29) is 6.42 Å². The molecule has 2 amide bonds. The number of fused-ring (bicyclic) bond motifs is 1. The first-order valence-electron chi connectivity index (χ1n) is 9.58. The van der Waals surface area contributed by atoms with Crippen LogP contribution < -0.4 is 16.4 Å². The third-order valence-electron chi connectivity index (χ3n) is 4.78. The first kappa shape index (κ1) is 21.1. The maximum absolute atomic E-state index is 12.7. The molecule has 0 fully saturated rings. The van der Waals surface area contributed by atoms with Crippen molar-refractivity contribution >= 4 is 28.7 Å². The average Bonchev–Trinajstić information content (AvgIpc) is 3.15. The minimum Gasteiger partial charge on any atom is -0.480 e. The lowest BCUT2D eigenvalue weighted by Crippen LogP contribution is -2.53. The average molecular weight is 408 g/mol. The Hall–Kier alpha value is -3.65. The minimum absolute atomic E-state index is 0.220. The number of carbonyl (C=O) groups is 3. The van der Waals surface area contributed by atoms with Gasteiger partial charge in [-0.25, -0.2) is 0 Å². The second-order valence-corrected chi connectivity index (χ2v) is 7.03. The number of hydrogen-bond donors (Lipinski definition) is 5. The van der Waals surface area contributed by atoms with Crippen LogP contribution >= 0.6 is 0 Å². The van der Waals surface area contributed by atoms with Gasteiger partial charge in [-0.3, -0.25) is 14.4 Å². The molecule has 2 atom stereocenters. The number of amides is 2. The molecule has 1 heterocycles. The Morgan fingerprint density at radius 2 is 1.67 bits per heavy atom. The smallest absolute Gasteiger partial charge is 0.322 e. The zero-order valence-corrected chi connectivity index (χ0v) is 16.3. The molecule has 30 heavy (non-hydrogen) atoms. The second kappa shape index (κ2) is 9.71. The highest BCUT2D eigenvalue weighted by Crippen LogP contribution is 2.18. The molecule has 0 saturated carbocycles. The van der Waals surface area contributed by atoms with E-state index >= 15 is 0 Å². The fraction of sp³-hybridized carbons (Fsp3) is 0.227. The van der Waals surface area contributed by atoms with Gasteiger partial charge in [-0.15, -0.1) is 0 Å². The molecule has 0 aliphatic heterocycles. The summed E-state index contributed by atoms with van der Waals surface area (Å²) in [7, 11) is 0. The monoisotopic (exact) mass is 408 g/mol. The van der Waals surface area contributed by atoms with Gasteiger partial charge in [0.25, 0.3) is 0 Å². The summed E-state index contributed by atoms with van der Waals surface area (Å²) in [6, 6.07) is 15.1. The summed E-state index contributed by atoms with van der Waals surface area (Å²) in [5.74, 6) is -2.22. The van der Waals surface area contributed by atoms with Crippen LogP contribution in [0.4, 0.5) is 0 Å². The van der Waals surface area contributed by atoms with Crippen LogP contribution in [0.1, 0.15) is 11.1 Å². The first-order valence-corrected chi connectivity index (χ1v) is 9.58. The number of carbonyl (C=O) groups excluding carboxylic acids is 2. The molecule has 0 spiro atoms. The molecule has 156 valence electrons. The summed E-state index contributed by atoms with van der Waals surface area (Å²) in [6.07, 6.45) is 2.33. The van der Waals surface area contributed by atoms with Gasteiger partial charge in [0.15, 0.2) is 0 Å². The molecule has 3 aromatic rings. The number of carboxylic acid groups (broad SMARTS) is 1. The molecule has 2 aromatic carbocycles. The molecule has 3 rings (SSSR count). The van der Waals surface area contributed by atoms with Crippen molar-refractivity contribution in [3.63, 3.8) is 0 Å². The number of benzene rings is 2. The van der Waals surface area contributed by atoms with Crippen molar-refractivity contribution in [3.05, 3.63) is 71.9 Å². The lowest BCUT2D eigenvalue weighted by Gasteiger charge is -2.20. The number of para-hydroxylation sites is 1. The van der Waals surface area contributed by atoms with E-state index in [2.05, 4.69) is 15.6 Å². The number of nitrogens with two attached hydrogens (primary N) is 1. The van der Waals surface area contributed by atoms with Gasteiger partial charge in [-0.05, 0) is 23.6 Å². The molecular formula is C22H24N4O4. The number of aliphatic carboxylic acids is 1. The Labute approximate surface area is 173 Å². The summed E-state index contributed by atoms with van der Waals surface area (Å²) >= 11 is 0. The topological polar surface area (TPSA) is 137 Å². The van der Waals surface area contributed by atoms with Crippen molar-refractivity contribution < 1.29 is 19.5 Å². The van der Waals surface area contributed by atoms with E-state index in [0.717, 1.165) is 22.0 Å². The van der Waals surface area contributed by atoms with Gasteiger partial charge in [0.05, 0.1) is 6.04 Å². The highest BCUT2D eigenvalue weighted by molar-refractivity contribution is 5.92. The number of H-pyrrole nitrogens is 1. The van der Waals surface area contributed by atoms with E-state index < -0.39 is 36.4 Å². The van der Waals surface area contributed by atoms with Crippen LogP contribution in [0.2, 0.25) is 0 Å². The van der Waals surface area contributed by atoms with Gasteiger partial charge in [0.1, 0.15) is 12.6 Å².